The van der Waals surface area contributed by atoms with E-state index in [9.17, 15) is 9.90 Å². The van der Waals surface area contributed by atoms with Crippen LogP contribution >= 0.6 is 0 Å². The van der Waals surface area contributed by atoms with Gasteiger partial charge in [0.2, 0.25) is 0 Å². The van der Waals surface area contributed by atoms with E-state index in [1.165, 1.54) is 0 Å². The maximum atomic E-state index is 13.5. The second-order valence-electron chi connectivity index (χ2n) is 9.64. The summed E-state index contributed by atoms with van der Waals surface area (Å²) < 4.78 is 10.7. The molecule has 0 aliphatic carbocycles. The molecule has 0 fully saturated rings. The molecule has 0 unspecified atom stereocenters. The fourth-order valence-corrected chi connectivity index (χ4v) is 4.58. The van der Waals surface area contributed by atoms with Crippen LogP contribution in [0.1, 0.15) is 27.0 Å². The molecule has 0 saturated heterocycles. The van der Waals surface area contributed by atoms with Crippen LogP contribution in [0.15, 0.2) is 97.1 Å². The van der Waals surface area contributed by atoms with Gasteiger partial charge in [-0.3, -0.25) is 4.79 Å². The van der Waals surface area contributed by atoms with Gasteiger partial charge < -0.3 is 25.2 Å². The molecular formula is C33H36N2O4. The average molecular weight is 525 g/mol. The minimum atomic E-state index is -0.803. The lowest BCUT2D eigenvalue weighted by molar-refractivity contribution is 0.0830. The van der Waals surface area contributed by atoms with Crippen molar-refractivity contribution < 1.29 is 19.4 Å². The van der Waals surface area contributed by atoms with E-state index in [0.717, 1.165) is 39.3 Å². The molecule has 4 aromatic rings. The summed E-state index contributed by atoms with van der Waals surface area (Å²) in [4.78, 5) is 13.5. The van der Waals surface area contributed by atoms with E-state index >= 15 is 0 Å². The van der Waals surface area contributed by atoms with Crippen molar-refractivity contribution in [3.8, 4) is 22.6 Å². The fraction of sp³-hybridized carbons (Fsp3) is 0.242. The highest BCUT2D eigenvalue weighted by molar-refractivity contribution is 5.96. The fourth-order valence-electron chi connectivity index (χ4n) is 4.58. The minimum absolute atomic E-state index is 0.226. The number of ether oxygens (including phenoxy) is 2. The maximum absolute atomic E-state index is 13.5. The molecule has 4 aromatic carbocycles. The summed E-state index contributed by atoms with van der Waals surface area (Å²) in [5.74, 6) is 1.32. The summed E-state index contributed by atoms with van der Waals surface area (Å²) in [5, 5.41) is 17.6. The van der Waals surface area contributed by atoms with Crippen molar-refractivity contribution in [2.75, 3.05) is 20.8 Å². The Morgan fingerprint density at radius 1 is 0.795 bits per heavy atom. The highest BCUT2D eigenvalue weighted by atomic mass is 16.5. The number of aryl methyl sites for hydroxylation is 1. The van der Waals surface area contributed by atoms with Crippen molar-refractivity contribution in [2.24, 2.45) is 0 Å². The summed E-state index contributed by atoms with van der Waals surface area (Å²) in [7, 11) is 3.28. The van der Waals surface area contributed by atoms with Crippen molar-refractivity contribution in [2.45, 2.75) is 32.0 Å². The third kappa shape index (κ3) is 7.93. The van der Waals surface area contributed by atoms with Crippen LogP contribution in [0, 0.1) is 6.92 Å². The van der Waals surface area contributed by atoms with E-state index in [0.29, 0.717) is 25.1 Å². The molecule has 39 heavy (non-hydrogen) atoms. The minimum Gasteiger partial charge on any atom is -0.497 e. The van der Waals surface area contributed by atoms with Gasteiger partial charge in [0, 0.05) is 18.7 Å². The number of rotatable bonds is 12. The van der Waals surface area contributed by atoms with Gasteiger partial charge in [-0.05, 0) is 77.6 Å². The van der Waals surface area contributed by atoms with E-state index in [1.54, 1.807) is 14.2 Å². The number of hydrogen-bond donors (Lipinski definition) is 3. The molecule has 202 valence electrons. The van der Waals surface area contributed by atoms with Gasteiger partial charge in [0.05, 0.1) is 26.4 Å². The van der Waals surface area contributed by atoms with Gasteiger partial charge in [-0.2, -0.15) is 0 Å². The molecule has 0 bridgehead atoms. The first-order valence-corrected chi connectivity index (χ1v) is 13.1. The lowest BCUT2D eigenvalue weighted by atomic mass is 9.98. The zero-order valence-electron chi connectivity index (χ0n) is 22.7. The Kier molecular flexibility index (Phi) is 9.73. The Morgan fingerprint density at radius 2 is 1.49 bits per heavy atom. The molecule has 6 nitrogen and oxygen atoms in total. The van der Waals surface area contributed by atoms with Gasteiger partial charge in [-0.25, -0.2) is 0 Å². The Morgan fingerprint density at radius 3 is 2.23 bits per heavy atom. The summed E-state index contributed by atoms with van der Waals surface area (Å²) in [6, 6.07) is 30.8. The largest absolute Gasteiger partial charge is 0.497 e. The number of aliphatic hydroxyl groups excluding tert-OH is 1. The van der Waals surface area contributed by atoms with E-state index in [1.807, 2.05) is 104 Å². The van der Waals surface area contributed by atoms with Gasteiger partial charge in [-0.1, -0.05) is 60.7 Å². The van der Waals surface area contributed by atoms with Crippen LogP contribution in [0.2, 0.25) is 0 Å². The van der Waals surface area contributed by atoms with Crippen molar-refractivity contribution >= 4 is 5.91 Å². The highest BCUT2D eigenvalue weighted by Crippen LogP contribution is 2.26. The number of nitrogens with one attached hydrogen (secondary N) is 2. The Labute approximate surface area is 230 Å². The van der Waals surface area contributed by atoms with E-state index < -0.39 is 12.1 Å². The predicted molar refractivity (Wildman–Crippen MR) is 155 cm³/mol. The molecule has 0 aliphatic rings. The molecule has 3 N–H and O–H groups in total. The van der Waals surface area contributed by atoms with E-state index in [2.05, 4.69) is 10.6 Å². The van der Waals surface area contributed by atoms with Gasteiger partial charge >= 0.3 is 0 Å². The summed E-state index contributed by atoms with van der Waals surface area (Å²) >= 11 is 0. The van der Waals surface area contributed by atoms with Gasteiger partial charge in [-0.15, -0.1) is 0 Å². The number of carbonyl (C=O) groups excluding carboxylic acids is 1. The van der Waals surface area contributed by atoms with Gasteiger partial charge in [0.1, 0.15) is 11.5 Å². The predicted octanol–water partition coefficient (Wildman–Crippen LogP) is 5.17. The number of methoxy groups -OCH3 is 2. The molecule has 0 aliphatic heterocycles. The summed E-state index contributed by atoms with van der Waals surface area (Å²) in [5.41, 5.74) is 5.50. The quantitative estimate of drug-likeness (QED) is 0.238. The summed E-state index contributed by atoms with van der Waals surface area (Å²) in [6.45, 7) is 2.86. The van der Waals surface area contributed by atoms with Crippen LogP contribution in [0.4, 0.5) is 0 Å². The summed E-state index contributed by atoms with van der Waals surface area (Å²) in [6.07, 6.45) is -0.300. The Hall–Kier alpha value is -4.13. The van der Waals surface area contributed by atoms with Crippen LogP contribution in [0.25, 0.3) is 11.1 Å². The first-order valence-electron chi connectivity index (χ1n) is 13.1. The molecule has 0 spiro atoms. The van der Waals surface area contributed by atoms with Crippen molar-refractivity contribution in [3.05, 3.63) is 119 Å². The van der Waals surface area contributed by atoms with Crippen molar-refractivity contribution in [1.82, 2.24) is 10.6 Å². The molecule has 6 heteroatoms. The van der Waals surface area contributed by atoms with Crippen LogP contribution < -0.4 is 20.1 Å². The normalized spacial score (nSPS) is 12.4. The average Bonchev–Trinajstić information content (AvgIpc) is 2.97. The lowest BCUT2D eigenvalue weighted by Crippen LogP contribution is -2.48. The zero-order chi connectivity index (χ0) is 27.6. The van der Waals surface area contributed by atoms with E-state index in [-0.39, 0.29) is 5.91 Å². The molecule has 0 radical (unpaired) electrons. The van der Waals surface area contributed by atoms with Gasteiger partial charge in [0.15, 0.2) is 0 Å². The topological polar surface area (TPSA) is 79.8 Å². The first-order chi connectivity index (χ1) is 18.9. The Bertz CT molecular complexity index is 1370. The lowest BCUT2D eigenvalue weighted by Gasteiger charge is -2.25. The molecule has 0 saturated carbocycles. The van der Waals surface area contributed by atoms with Crippen LogP contribution in [0.5, 0.6) is 11.5 Å². The third-order valence-corrected chi connectivity index (χ3v) is 6.64. The molecule has 0 heterocycles. The molecule has 2 atom stereocenters. The first kappa shape index (κ1) is 27.9. The van der Waals surface area contributed by atoms with Crippen LogP contribution in [-0.2, 0) is 13.0 Å². The number of amides is 1. The molecule has 0 aromatic heterocycles. The highest BCUT2D eigenvalue weighted by Gasteiger charge is 2.23. The molecule has 4 rings (SSSR count). The number of benzene rings is 4. The molecule has 1 amide bonds. The number of carbonyl (C=O) groups is 1. The number of aliphatic hydroxyl groups is 1. The van der Waals surface area contributed by atoms with Crippen molar-refractivity contribution in [1.29, 1.82) is 0 Å². The third-order valence-electron chi connectivity index (χ3n) is 6.64. The van der Waals surface area contributed by atoms with Crippen LogP contribution in [0.3, 0.4) is 0 Å². The zero-order valence-corrected chi connectivity index (χ0v) is 22.7. The standard InChI is InChI=1S/C33H36N2O4/c1-23-15-27(26-12-8-14-30(20-26)39-3)19-28(16-23)33(37)35-31(18-24-9-5-4-6-10-24)32(36)22-34-21-25-11-7-13-29(17-25)38-2/h4-17,19-20,31-32,34,36H,18,21-22H2,1-3H3,(H,35,37)/t31-,32+/m0/s1. The van der Waals surface area contributed by atoms with Gasteiger partial charge in [0.25, 0.3) is 5.91 Å². The van der Waals surface area contributed by atoms with Crippen molar-refractivity contribution in [3.63, 3.8) is 0 Å². The van der Waals surface area contributed by atoms with Crippen LogP contribution in [-0.4, -0.2) is 43.9 Å². The monoisotopic (exact) mass is 524 g/mol. The van der Waals surface area contributed by atoms with E-state index in [4.69, 9.17) is 9.47 Å². The molecular weight excluding hydrogens is 488 g/mol. The second-order valence-corrected chi connectivity index (χ2v) is 9.64. The maximum Gasteiger partial charge on any atom is 0.251 e. The number of hydrogen-bond acceptors (Lipinski definition) is 5. The smallest absolute Gasteiger partial charge is 0.251 e. The Balaban J connectivity index is 1.49. The SMILES string of the molecule is COc1cccc(CNC[C@@H](O)[C@H](Cc2ccccc2)NC(=O)c2cc(C)cc(-c3cccc(OC)c3)c2)c1. The second kappa shape index (κ2) is 13.6.